The van der Waals surface area contributed by atoms with Crippen LogP contribution in [0.1, 0.15) is 11.1 Å². The van der Waals surface area contributed by atoms with Crippen LogP contribution in [-0.2, 0) is 13.0 Å². The molecule has 1 aliphatic heterocycles. The summed E-state index contributed by atoms with van der Waals surface area (Å²) in [5.74, 6) is 0.900. The molecule has 0 saturated heterocycles. The predicted octanol–water partition coefficient (Wildman–Crippen LogP) is 3.08. The molecule has 0 spiro atoms. The molecule has 0 fully saturated rings. The van der Waals surface area contributed by atoms with Crippen molar-refractivity contribution in [2.24, 2.45) is 0 Å². The van der Waals surface area contributed by atoms with Crippen molar-refractivity contribution in [2.75, 3.05) is 11.9 Å². The Morgan fingerprint density at radius 2 is 2.20 bits per heavy atom. The van der Waals surface area contributed by atoms with Crippen LogP contribution in [0.4, 0.5) is 11.5 Å². The fourth-order valence-electron chi connectivity index (χ4n) is 2.65. The summed E-state index contributed by atoms with van der Waals surface area (Å²) in [6, 6.07) is 8.44. The number of fused-ring (bicyclic) bond motifs is 2. The maximum Gasteiger partial charge on any atom is 0.151 e. The SMILES string of the molecule is c1cc2c(c(Nc3ncnc4ccsc34)c1)CCNC2. The number of nitrogens with one attached hydrogen (secondary N) is 2. The minimum atomic E-state index is 0.900. The molecule has 20 heavy (non-hydrogen) atoms. The van der Waals surface area contributed by atoms with E-state index in [-0.39, 0.29) is 0 Å². The molecule has 4 nitrogen and oxygen atoms in total. The van der Waals surface area contributed by atoms with E-state index in [0.29, 0.717) is 0 Å². The zero-order valence-corrected chi connectivity index (χ0v) is 11.7. The molecule has 0 atom stereocenters. The molecule has 100 valence electrons. The first-order valence-electron chi connectivity index (χ1n) is 6.68. The second kappa shape index (κ2) is 4.85. The third kappa shape index (κ3) is 1.95. The predicted molar refractivity (Wildman–Crippen MR) is 82.6 cm³/mol. The van der Waals surface area contributed by atoms with Gasteiger partial charge in [0.15, 0.2) is 5.82 Å². The lowest BCUT2D eigenvalue weighted by Gasteiger charge is -2.20. The molecule has 2 aromatic heterocycles. The van der Waals surface area contributed by atoms with Crippen LogP contribution in [0, 0.1) is 0 Å². The van der Waals surface area contributed by atoms with E-state index < -0.39 is 0 Å². The molecule has 2 N–H and O–H groups in total. The highest BCUT2D eigenvalue weighted by Gasteiger charge is 2.14. The molecular formula is C15H14N4S. The van der Waals surface area contributed by atoms with Crippen molar-refractivity contribution < 1.29 is 0 Å². The molecule has 1 aromatic carbocycles. The van der Waals surface area contributed by atoms with Crippen molar-refractivity contribution in [1.82, 2.24) is 15.3 Å². The van der Waals surface area contributed by atoms with E-state index in [4.69, 9.17) is 0 Å². The Bertz CT molecular complexity index is 765. The number of hydrogen-bond donors (Lipinski definition) is 2. The minimum absolute atomic E-state index is 0.900. The maximum atomic E-state index is 4.40. The summed E-state index contributed by atoms with van der Waals surface area (Å²) >= 11 is 1.67. The van der Waals surface area contributed by atoms with Crippen molar-refractivity contribution in [3.05, 3.63) is 47.1 Å². The van der Waals surface area contributed by atoms with E-state index in [1.807, 2.05) is 6.07 Å². The van der Waals surface area contributed by atoms with E-state index >= 15 is 0 Å². The Morgan fingerprint density at radius 3 is 3.20 bits per heavy atom. The maximum absolute atomic E-state index is 4.40. The number of aromatic nitrogens is 2. The Balaban J connectivity index is 1.78. The van der Waals surface area contributed by atoms with Crippen LogP contribution in [-0.4, -0.2) is 16.5 Å². The lowest BCUT2D eigenvalue weighted by Crippen LogP contribution is -2.24. The molecule has 0 unspecified atom stereocenters. The molecule has 0 aliphatic carbocycles. The van der Waals surface area contributed by atoms with Crippen LogP contribution in [0.15, 0.2) is 36.0 Å². The van der Waals surface area contributed by atoms with Crippen LogP contribution in [0.25, 0.3) is 10.2 Å². The van der Waals surface area contributed by atoms with Crippen molar-refractivity contribution >= 4 is 33.1 Å². The Labute approximate surface area is 120 Å². The molecule has 5 heteroatoms. The average molecular weight is 282 g/mol. The van der Waals surface area contributed by atoms with E-state index in [0.717, 1.165) is 41.2 Å². The second-order valence-electron chi connectivity index (χ2n) is 4.85. The first kappa shape index (κ1) is 11.8. The molecule has 0 saturated carbocycles. The number of rotatable bonds is 2. The quantitative estimate of drug-likeness (QED) is 0.758. The number of hydrogen-bond acceptors (Lipinski definition) is 5. The third-order valence-corrected chi connectivity index (χ3v) is 4.55. The lowest BCUT2D eigenvalue weighted by molar-refractivity contribution is 0.645. The summed E-state index contributed by atoms with van der Waals surface area (Å²) in [5.41, 5.74) is 4.93. The molecule has 0 radical (unpaired) electrons. The fraction of sp³-hybridized carbons (Fsp3) is 0.200. The average Bonchev–Trinajstić information content (AvgIpc) is 2.97. The van der Waals surface area contributed by atoms with Gasteiger partial charge in [-0.25, -0.2) is 9.97 Å². The normalized spacial score (nSPS) is 14.2. The van der Waals surface area contributed by atoms with Gasteiger partial charge in [-0.05, 0) is 41.6 Å². The Morgan fingerprint density at radius 1 is 1.20 bits per heavy atom. The van der Waals surface area contributed by atoms with Gasteiger partial charge in [0.2, 0.25) is 0 Å². The van der Waals surface area contributed by atoms with Gasteiger partial charge in [0.25, 0.3) is 0 Å². The molecule has 0 bridgehead atoms. The highest BCUT2D eigenvalue weighted by molar-refractivity contribution is 7.17. The van der Waals surface area contributed by atoms with Crippen molar-refractivity contribution in [1.29, 1.82) is 0 Å². The van der Waals surface area contributed by atoms with Gasteiger partial charge in [0.1, 0.15) is 6.33 Å². The fourth-order valence-corrected chi connectivity index (χ4v) is 3.44. The van der Waals surface area contributed by atoms with Crippen LogP contribution in [0.3, 0.4) is 0 Å². The second-order valence-corrected chi connectivity index (χ2v) is 5.77. The van der Waals surface area contributed by atoms with Crippen LogP contribution in [0.5, 0.6) is 0 Å². The molecule has 0 amide bonds. The third-order valence-electron chi connectivity index (χ3n) is 3.64. The van der Waals surface area contributed by atoms with Gasteiger partial charge >= 0.3 is 0 Å². The van der Waals surface area contributed by atoms with Gasteiger partial charge in [0.05, 0.1) is 10.2 Å². The number of benzene rings is 1. The topological polar surface area (TPSA) is 49.8 Å². The van der Waals surface area contributed by atoms with E-state index in [2.05, 4.69) is 44.2 Å². The largest absolute Gasteiger partial charge is 0.339 e. The van der Waals surface area contributed by atoms with E-state index in [1.165, 1.54) is 11.1 Å². The first-order valence-corrected chi connectivity index (χ1v) is 7.56. The smallest absolute Gasteiger partial charge is 0.151 e. The zero-order chi connectivity index (χ0) is 13.4. The lowest BCUT2D eigenvalue weighted by atomic mass is 9.99. The zero-order valence-electron chi connectivity index (χ0n) is 10.9. The number of anilines is 2. The highest BCUT2D eigenvalue weighted by atomic mass is 32.1. The number of thiophene rings is 1. The van der Waals surface area contributed by atoms with E-state index in [1.54, 1.807) is 17.7 Å². The molecular weight excluding hydrogens is 268 g/mol. The molecule has 3 aromatic rings. The minimum Gasteiger partial charge on any atom is -0.339 e. The van der Waals surface area contributed by atoms with Crippen LogP contribution < -0.4 is 10.6 Å². The summed E-state index contributed by atoms with van der Waals surface area (Å²) in [6.45, 7) is 1.98. The summed E-state index contributed by atoms with van der Waals surface area (Å²) in [7, 11) is 0. The summed E-state index contributed by atoms with van der Waals surface area (Å²) in [4.78, 5) is 8.68. The summed E-state index contributed by atoms with van der Waals surface area (Å²) < 4.78 is 1.11. The standard InChI is InChI=1S/C15H14N4S/c1-2-10-8-16-6-4-11(10)12(3-1)19-15-14-13(5-7-20-14)17-9-18-15/h1-3,5,7,9,16H,4,6,8H2,(H,17,18,19). The van der Waals surface area contributed by atoms with Gasteiger partial charge in [0, 0.05) is 12.2 Å². The number of nitrogens with zero attached hydrogens (tertiary/aromatic N) is 2. The summed E-state index contributed by atoms with van der Waals surface area (Å²) in [6.07, 6.45) is 2.67. The molecule has 3 heterocycles. The van der Waals surface area contributed by atoms with Crippen molar-refractivity contribution in [3.63, 3.8) is 0 Å². The van der Waals surface area contributed by atoms with Gasteiger partial charge in [-0.15, -0.1) is 11.3 Å². The monoisotopic (exact) mass is 282 g/mol. The molecule has 4 rings (SSSR count). The van der Waals surface area contributed by atoms with Crippen LogP contribution >= 0.6 is 11.3 Å². The summed E-state index contributed by atoms with van der Waals surface area (Å²) in [5, 5.41) is 8.95. The van der Waals surface area contributed by atoms with Gasteiger partial charge in [-0.1, -0.05) is 12.1 Å². The van der Waals surface area contributed by atoms with Crippen LogP contribution in [0.2, 0.25) is 0 Å². The van der Waals surface area contributed by atoms with E-state index in [9.17, 15) is 0 Å². The van der Waals surface area contributed by atoms with Crippen molar-refractivity contribution in [2.45, 2.75) is 13.0 Å². The van der Waals surface area contributed by atoms with Gasteiger partial charge in [-0.3, -0.25) is 0 Å². The highest BCUT2D eigenvalue weighted by Crippen LogP contribution is 2.30. The first-order chi connectivity index (χ1) is 9.92. The van der Waals surface area contributed by atoms with Gasteiger partial charge in [-0.2, -0.15) is 0 Å². The Hall–Kier alpha value is -1.98. The van der Waals surface area contributed by atoms with Gasteiger partial charge < -0.3 is 10.6 Å². The van der Waals surface area contributed by atoms with Crippen molar-refractivity contribution in [3.8, 4) is 0 Å². The Kier molecular flexibility index (Phi) is 2.86. The molecule has 1 aliphatic rings.